The van der Waals surface area contributed by atoms with Crippen molar-refractivity contribution in [2.45, 2.75) is 79.6 Å². The van der Waals surface area contributed by atoms with Gasteiger partial charge in [0.2, 0.25) is 0 Å². The first-order valence-corrected chi connectivity index (χ1v) is 8.39. The van der Waals surface area contributed by atoms with Gasteiger partial charge in [0.1, 0.15) is 0 Å². The molecular formula is C20H32. The molecule has 0 amide bonds. The van der Waals surface area contributed by atoms with Crippen molar-refractivity contribution in [3.05, 3.63) is 33.9 Å². The van der Waals surface area contributed by atoms with Gasteiger partial charge in [-0.2, -0.15) is 0 Å². The van der Waals surface area contributed by atoms with Crippen LogP contribution in [-0.2, 0) is 0 Å². The van der Waals surface area contributed by atoms with Crippen molar-refractivity contribution in [3.63, 3.8) is 0 Å². The molecule has 1 aromatic rings. The maximum atomic E-state index is 2.47. The molecule has 2 rings (SSSR count). The lowest BCUT2D eigenvalue weighted by Gasteiger charge is -2.40. The zero-order valence-electron chi connectivity index (χ0n) is 14.7. The van der Waals surface area contributed by atoms with Gasteiger partial charge < -0.3 is 0 Å². The van der Waals surface area contributed by atoms with Gasteiger partial charge in [-0.1, -0.05) is 47.6 Å². The fourth-order valence-corrected chi connectivity index (χ4v) is 4.08. The van der Waals surface area contributed by atoms with Gasteiger partial charge in [-0.05, 0) is 77.7 Å². The number of hydrogen-bond acceptors (Lipinski definition) is 0. The summed E-state index contributed by atoms with van der Waals surface area (Å²) in [6.07, 6.45) is 1.36. The molecule has 20 heavy (non-hydrogen) atoms. The predicted octanol–water partition coefficient (Wildman–Crippen LogP) is 6.31. The lowest BCUT2D eigenvalue weighted by atomic mass is 9.64. The Kier molecular flexibility index (Phi) is 4.33. The van der Waals surface area contributed by atoms with E-state index in [0.29, 0.717) is 11.8 Å². The second-order valence-electron chi connectivity index (χ2n) is 7.74. The summed E-state index contributed by atoms with van der Waals surface area (Å²) < 4.78 is 0. The van der Waals surface area contributed by atoms with Gasteiger partial charge in [0.25, 0.3) is 0 Å². The number of fused-ring (bicyclic) bond motifs is 1. The summed E-state index contributed by atoms with van der Waals surface area (Å²) in [6, 6.07) is 2.47. The fraction of sp³-hybridized carbons (Fsp3) is 0.700. The van der Waals surface area contributed by atoms with Crippen LogP contribution in [0.25, 0.3) is 0 Å². The molecule has 0 nitrogen and oxygen atoms in total. The third kappa shape index (κ3) is 2.43. The van der Waals surface area contributed by atoms with Gasteiger partial charge in [0.15, 0.2) is 0 Å². The molecule has 0 radical (unpaired) electrons. The van der Waals surface area contributed by atoms with Crippen molar-refractivity contribution in [2.75, 3.05) is 0 Å². The largest absolute Gasteiger partial charge is 0.0622 e. The Morgan fingerprint density at radius 1 is 1.00 bits per heavy atom. The predicted molar refractivity (Wildman–Crippen MR) is 89.8 cm³/mol. The molecule has 0 N–H and O–H groups in total. The summed E-state index contributed by atoms with van der Waals surface area (Å²) in [6.45, 7) is 19.0. The van der Waals surface area contributed by atoms with E-state index >= 15 is 0 Å². The topological polar surface area (TPSA) is 0 Å². The number of aryl methyl sites for hydroxylation is 1. The maximum absolute atomic E-state index is 2.47. The standard InChI is InChI=1S/C20H32/c1-11(2)17-9-13(5)15(7)19-16(8)14(6)10-18(12(3)4)20(17)19/h9,11-12,14,16,18H,10H2,1-8H3/t14-,16-,18?/m1/s1. The second-order valence-corrected chi connectivity index (χ2v) is 7.74. The van der Waals surface area contributed by atoms with Crippen LogP contribution in [0.1, 0.15) is 93.5 Å². The first-order chi connectivity index (χ1) is 9.25. The van der Waals surface area contributed by atoms with Crippen LogP contribution in [0.4, 0.5) is 0 Å². The Morgan fingerprint density at radius 3 is 2.10 bits per heavy atom. The molecule has 0 aliphatic heterocycles. The Morgan fingerprint density at radius 2 is 1.60 bits per heavy atom. The summed E-state index contributed by atoms with van der Waals surface area (Å²) in [5.74, 6) is 3.62. The molecule has 3 atom stereocenters. The number of benzene rings is 1. The summed E-state index contributed by atoms with van der Waals surface area (Å²) in [5, 5.41) is 0. The van der Waals surface area contributed by atoms with E-state index in [1.54, 1.807) is 22.3 Å². The molecule has 112 valence electrons. The summed E-state index contributed by atoms with van der Waals surface area (Å²) in [7, 11) is 0. The van der Waals surface area contributed by atoms with Gasteiger partial charge in [0.05, 0.1) is 0 Å². The molecule has 0 saturated heterocycles. The van der Waals surface area contributed by atoms with E-state index in [1.807, 2.05) is 0 Å². The smallest absolute Gasteiger partial charge is 0.0130 e. The van der Waals surface area contributed by atoms with Crippen LogP contribution in [0.2, 0.25) is 0 Å². The molecule has 0 heterocycles. The molecule has 0 heteroatoms. The zero-order valence-corrected chi connectivity index (χ0v) is 14.7. The van der Waals surface area contributed by atoms with Crippen LogP contribution in [0.15, 0.2) is 6.07 Å². The molecule has 0 bridgehead atoms. The van der Waals surface area contributed by atoms with E-state index in [0.717, 1.165) is 17.8 Å². The van der Waals surface area contributed by atoms with E-state index in [9.17, 15) is 0 Å². The summed E-state index contributed by atoms with van der Waals surface area (Å²) >= 11 is 0. The highest BCUT2D eigenvalue weighted by Gasteiger charge is 2.35. The lowest BCUT2D eigenvalue weighted by Crippen LogP contribution is -2.26. The van der Waals surface area contributed by atoms with Crippen molar-refractivity contribution in [2.24, 2.45) is 11.8 Å². The van der Waals surface area contributed by atoms with Crippen molar-refractivity contribution in [3.8, 4) is 0 Å². The quantitative estimate of drug-likeness (QED) is 0.592. The Balaban J connectivity index is 2.76. The fourth-order valence-electron chi connectivity index (χ4n) is 4.08. The molecule has 1 aliphatic rings. The highest BCUT2D eigenvalue weighted by atomic mass is 14.4. The van der Waals surface area contributed by atoms with Crippen LogP contribution >= 0.6 is 0 Å². The lowest BCUT2D eigenvalue weighted by molar-refractivity contribution is 0.324. The second kappa shape index (κ2) is 5.54. The zero-order chi connectivity index (χ0) is 15.2. The number of hydrogen-bond donors (Lipinski definition) is 0. The monoisotopic (exact) mass is 272 g/mol. The van der Waals surface area contributed by atoms with Crippen LogP contribution in [0.3, 0.4) is 0 Å². The minimum atomic E-state index is 0.630. The average Bonchev–Trinajstić information content (AvgIpc) is 2.36. The first-order valence-electron chi connectivity index (χ1n) is 8.39. The van der Waals surface area contributed by atoms with Crippen LogP contribution in [0, 0.1) is 25.7 Å². The van der Waals surface area contributed by atoms with Crippen molar-refractivity contribution >= 4 is 0 Å². The molecular weight excluding hydrogens is 240 g/mol. The highest BCUT2D eigenvalue weighted by molar-refractivity contribution is 5.51. The first kappa shape index (κ1) is 15.6. The van der Waals surface area contributed by atoms with Crippen LogP contribution in [-0.4, -0.2) is 0 Å². The van der Waals surface area contributed by atoms with Gasteiger partial charge in [-0.15, -0.1) is 0 Å². The Hall–Kier alpha value is -0.780. The normalized spacial score (nSPS) is 26.2. The van der Waals surface area contributed by atoms with E-state index in [-0.39, 0.29) is 0 Å². The third-order valence-corrected chi connectivity index (χ3v) is 5.70. The van der Waals surface area contributed by atoms with Gasteiger partial charge >= 0.3 is 0 Å². The minimum Gasteiger partial charge on any atom is -0.0622 e. The van der Waals surface area contributed by atoms with Crippen molar-refractivity contribution in [1.29, 1.82) is 0 Å². The van der Waals surface area contributed by atoms with Crippen molar-refractivity contribution in [1.82, 2.24) is 0 Å². The minimum absolute atomic E-state index is 0.630. The molecule has 0 spiro atoms. The van der Waals surface area contributed by atoms with Gasteiger partial charge in [-0.25, -0.2) is 0 Å². The van der Waals surface area contributed by atoms with E-state index in [1.165, 1.54) is 12.0 Å². The summed E-state index contributed by atoms with van der Waals surface area (Å²) in [4.78, 5) is 0. The molecule has 1 aromatic carbocycles. The Labute approximate surface area is 126 Å². The van der Waals surface area contributed by atoms with E-state index < -0.39 is 0 Å². The maximum Gasteiger partial charge on any atom is -0.0130 e. The van der Waals surface area contributed by atoms with Crippen molar-refractivity contribution < 1.29 is 0 Å². The van der Waals surface area contributed by atoms with Crippen LogP contribution in [0.5, 0.6) is 0 Å². The van der Waals surface area contributed by atoms with Crippen LogP contribution < -0.4 is 0 Å². The molecule has 0 saturated carbocycles. The van der Waals surface area contributed by atoms with Gasteiger partial charge in [-0.3, -0.25) is 0 Å². The molecule has 1 unspecified atom stereocenters. The Bertz CT molecular complexity index is 493. The number of rotatable bonds is 2. The average molecular weight is 272 g/mol. The molecule has 0 fully saturated rings. The molecule has 1 aliphatic carbocycles. The molecule has 0 aromatic heterocycles. The summed E-state index contributed by atoms with van der Waals surface area (Å²) in [5.41, 5.74) is 8.04. The third-order valence-electron chi connectivity index (χ3n) is 5.70. The van der Waals surface area contributed by atoms with Gasteiger partial charge in [0, 0.05) is 0 Å². The highest BCUT2D eigenvalue weighted by Crippen LogP contribution is 2.49. The van der Waals surface area contributed by atoms with E-state index in [2.05, 4.69) is 61.5 Å². The van der Waals surface area contributed by atoms with E-state index in [4.69, 9.17) is 0 Å². The SMILES string of the molecule is Cc1cc(C(C)C)c2c(c1C)[C@H](C)[C@H](C)CC2C(C)C.